The van der Waals surface area contributed by atoms with E-state index in [1.165, 1.54) is 5.94 Å². The molecule has 0 radical (unpaired) electrons. The SMILES string of the molecule is C=C=O.CCOC(C)OCC.[Ni]. The molecular formula is C8H16NiO3. The van der Waals surface area contributed by atoms with Gasteiger partial charge in [0.1, 0.15) is 5.94 Å². The van der Waals surface area contributed by atoms with E-state index in [0.29, 0.717) is 0 Å². The van der Waals surface area contributed by atoms with Crippen LogP contribution in [0.2, 0.25) is 0 Å². The first-order valence-corrected chi connectivity index (χ1v) is 3.60. The topological polar surface area (TPSA) is 35.5 Å². The molecule has 0 rings (SSSR count). The first-order chi connectivity index (χ1) is 5.22. The summed E-state index contributed by atoms with van der Waals surface area (Å²) in [5, 5.41) is 0. The van der Waals surface area contributed by atoms with Gasteiger partial charge < -0.3 is 9.47 Å². The third kappa shape index (κ3) is 22.5. The average Bonchev–Trinajstić information content (AvgIpc) is 1.90. The van der Waals surface area contributed by atoms with Gasteiger partial charge in [0.2, 0.25) is 0 Å². The van der Waals surface area contributed by atoms with Crippen LogP contribution in [0.5, 0.6) is 0 Å². The van der Waals surface area contributed by atoms with Gasteiger partial charge in [-0.3, -0.25) is 0 Å². The summed E-state index contributed by atoms with van der Waals surface area (Å²) in [5.74, 6) is 1.25. The van der Waals surface area contributed by atoms with Gasteiger partial charge in [-0.25, -0.2) is 4.79 Å². The van der Waals surface area contributed by atoms with Crippen molar-refractivity contribution in [3.8, 4) is 0 Å². The van der Waals surface area contributed by atoms with Crippen LogP contribution in [0.1, 0.15) is 20.8 Å². The van der Waals surface area contributed by atoms with Crippen molar-refractivity contribution in [1.82, 2.24) is 0 Å². The molecule has 0 N–H and O–H groups in total. The van der Waals surface area contributed by atoms with Crippen LogP contribution in [0.4, 0.5) is 0 Å². The Morgan fingerprint density at radius 2 is 1.58 bits per heavy atom. The Kier molecular flexibility index (Phi) is 25.4. The van der Waals surface area contributed by atoms with E-state index in [9.17, 15) is 0 Å². The van der Waals surface area contributed by atoms with Crippen molar-refractivity contribution in [3.05, 3.63) is 6.58 Å². The predicted molar refractivity (Wildman–Crippen MR) is 44.0 cm³/mol. The van der Waals surface area contributed by atoms with E-state index < -0.39 is 0 Å². The minimum Gasteiger partial charge on any atom is -0.353 e. The van der Waals surface area contributed by atoms with Crippen molar-refractivity contribution in [1.29, 1.82) is 0 Å². The Morgan fingerprint density at radius 3 is 1.75 bits per heavy atom. The van der Waals surface area contributed by atoms with Crippen LogP contribution in [0.3, 0.4) is 0 Å². The Balaban J connectivity index is -0.000000177. The molecule has 12 heavy (non-hydrogen) atoms. The minimum atomic E-state index is -0.0370. The van der Waals surface area contributed by atoms with Crippen molar-refractivity contribution in [2.24, 2.45) is 0 Å². The van der Waals surface area contributed by atoms with Crippen LogP contribution >= 0.6 is 0 Å². The number of rotatable bonds is 4. The van der Waals surface area contributed by atoms with Crippen LogP contribution in [-0.4, -0.2) is 25.4 Å². The van der Waals surface area contributed by atoms with E-state index >= 15 is 0 Å². The maximum Gasteiger partial charge on any atom is 0.154 e. The second kappa shape index (κ2) is 17.1. The Bertz CT molecular complexity index is 94.5. The standard InChI is InChI=1S/C6H14O2.C2H2O.Ni/c1-4-7-6(3)8-5-2;1-2-3;/h6H,4-5H2,1-3H3;1H2;. The molecule has 0 atom stereocenters. The molecule has 0 aromatic heterocycles. The first kappa shape index (κ1) is 17.8. The third-order valence-corrected chi connectivity index (χ3v) is 0.803. The summed E-state index contributed by atoms with van der Waals surface area (Å²) in [6.07, 6.45) is -0.0370. The molecule has 4 heteroatoms. The Hall–Kier alpha value is -0.136. The number of ether oxygens (including phenoxy) is 2. The number of hydrogen-bond donors (Lipinski definition) is 0. The first-order valence-electron chi connectivity index (χ1n) is 3.60. The van der Waals surface area contributed by atoms with Crippen LogP contribution < -0.4 is 0 Å². The molecule has 3 nitrogen and oxygen atoms in total. The fourth-order valence-corrected chi connectivity index (χ4v) is 0.518. The zero-order valence-corrected chi connectivity index (χ0v) is 8.73. The zero-order valence-electron chi connectivity index (χ0n) is 7.74. The molecule has 0 amide bonds. The van der Waals surface area contributed by atoms with E-state index in [1.54, 1.807) is 0 Å². The van der Waals surface area contributed by atoms with E-state index in [2.05, 4.69) is 6.58 Å². The van der Waals surface area contributed by atoms with E-state index in [1.807, 2.05) is 20.8 Å². The molecule has 0 aromatic rings. The molecule has 0 spiro atoms. The van der Waals surface area contributed by atoms with Gasteiger partial charge in [-0.2, -0.15) is 0 Å². The average molecular weight is 219 g/mol. The van der Waals surface area contributed by atoms with Gasteiger partial charge in [-0.1, -0.05) is 0 Å². The Labute approximate surface area is 84.0 Å². The van der Waals surface area contributed by atoms with E-state index in [0.717, 1.165) is 13.2 Å². The molecule has 0 saturated carbocycles. The van der Waals surface area contributed by atoms with Crippen LogP contribution in [0, 0.1) is 0 Å². The summed E-state index contributed by atoms with van der Waals surface area (Å²) in [6.45, 7) is 9.93. The summed E-state index contributed by atoms with van der Waals surface area (Å²) in [4.78, 5) is 8.57. The number of hydrogen-bond acceptors (Lipinski definition) is 3. The quantitative estimate of drug-likeness (QED) is 0.407. The van der Waals surface area contributed by atoms with Crippen molar-refractivity contribution < 1.29 is 30.8 Å². The molecule has 0 fully saturated rings. The maximum atomic E-state index is 8.57. The summed E-state index contributed by atoms with van der Waals surface area (Å²) in [7, 11) is 0. The molecule has 0 aliphatic rings. The van der Waals surface area contributed by atoms with E-state index in [4.69, 9.17) is 14.3 Å². The van der Waals surface area contributed by atoms with E-state index in [-0.39, 0.29) is 22.8 Å². The van der Waals surface area contributed by atoms with Gasteiger partial charge in [0.05, 0.1) is 0 Å². The predicted octanol–water partition coefficient (Wildman–Crippen LogP) is 1.41. The van der Waals surface area contributed by atoms with Crippen molar-refractivity contribution >= 4 is 5.94 Å². The molecule has 0 unspecified atom stereocenters. The van der Waals surface area contributed by atoms with Gasteiger partial charge in [-0.05, 0) is 27.4 Å². The zero-order chi connectivity index (χ0) is 9.11. The molecule has 0 saturated heterocycles. The minimum absolute atomic E-state index is 0. The maximum absolute atomic E-state index is 8.57. The van der Waals surface area contributed by atoms with Crippen molar-refractivity contribution in [2.75, 3.05) is 13.2 Å². The van der Waals surface area contributed by atoms with Gasteiger partial charge in [0.15, 0.2) is 6.29 Å². The molecule has 0 aliphatic heterocycles. The van der Waals surface area contributed by atoms with Crippen LogP contribution in [0.15, 0.2) is 6.58 Å². The van der Waals surface area contributed by atoms with Gasteiger partial charge in [-0.15, -0.1) is 0 Å². The third-order valence-electron chi connectivity index (χ3n) is 0.803. The largest absolute Gasteiger partial charge is 0.353 e. The summed E-state index contributed by atoms with van der Waals surface area (Å²) >= 11 is 0. The molecular weight excluding hydrogens is 203 g/mol. The van der Waals surface area contributed by atoms with Crippen molar-refractivity contribution in [2.45, 2.75) is 27.1 Å². The smallest absolute Gasteiger partial charge is 0.154 e. The van der Waals surface area contributed by atoms with Gasteiger partial charge in [0, 0.05) is 29.7 Å². The Morgan fingerprint density at radius 1 is 1.33 bits per heavy atom. The fourth-order valence-electron chi connectivity index (χ4n) is 0.518. The second-order valence-electron chi connectivity index (χ2n) is 1.62. The molecule has 0 aliphatic carbocycles. The fraction of sp³-hybridized carbons (Fsp3) is 0.750. The van der Waals surface area contributed by atoms with Crippen LogP contribution in [0.25, 0.3) is 0 Å². The van der Waals surface area contributed by atoms with Crippen LogP contribution in [-0.2, 0) is 30.8 Å². The molecule has 0 bridgehead atoms. The van der Waals surface area contributed by atoms with Gasteiger partial charge in [0.25, 0.3) is 0 Å². The molecule has 0 heterocycles. The molecule has 0 aromatic carbocycles. The number of carbonyl (C=O) groups excluding carboxylic acids is 1. The summed E-state index contributed by atoms with van der Waals surface area (Å²) in [5.41, 5.74) is 0. The van der Waals surface area contributed by atoms with Crippen molar-refractivity contribution in [3.63, 3.8) is 0 Å². The second-order valence-corrected chi connectivity index (χ2v) is 1.62. The molecule has 76 valence electrons. The van der Waals surface area contributed by atoms with Gasteiger partial charge >= 0.3 is 0 Å². The summed E-state index contributed by atoms with van der Waals surface area (Å²) < 4.78 is 10.1. The monoisotopic (exact) mass is 218 g/mol. The summed E-state index contributed by atoms with van der Waals surface area (Å²) in [6, 6.07) is 0. The normalized spacial score (nSPS) is 7.67.